The summed E-state index contributed by atoms with van der Waals surface area (Å²) in [5, 5.41) is 11.1. The van der Waals surface area contributed by atoms with Crippen LogP contribution in [-0.2, 0) is 12.0 Å². The molecule has 1 aromatic rings. The number of hydrogen-bond donors (Lipinski definition) is 1. The Bertz CT molecular complexity index is 466. The van der Waals surface area contributed by atoms with Gasteiger partial charge < -0.3 is 9.84 Å². The quantitative estimate of drug-likeness (QED) is 0.879. The second kappa shape index (κ2) is 4.82. The van der Waals surface area contributed by atoms with Crippen LogP contribution >= 0.6 is 0 Å². The molecule has 1 saturated carbocycles. The fourth-order valence-electron chi connectivity index (χ4n) is 3.69. The Hall–Kier alpha value is -1.02. The molecule has 2 atom stereocenters. The molecule has 19 heavy (non-hydrogen) atoms. The van der Waals surface area contributed by atoms with E-state index in [0.717, 1.165) is 43.6 Å². The van der Waals surface area contributed by atoms with E-state index in [-0.39, 0.29) is 0 Å². The predicted molar refractivity (Wildman–Crippen MR) is 76.3 cm³/mol. The highest BCUT2D eigenvalue weighted by atomic mass is 16.5. The molecule has 1 aliphatic heterocycles. The van der Waals surface area contributed by atoms with Crippen LogP contribution in [-0.4, -0.2) is 11.7 Å². The number of benzene rings is 1. The molecule has 2 aliphatic rings. The molecule has 104 valence electrons. The SMILES string of the molecule is CC(C)C1CCCC(O)(c2cccc3c2OCC3)C1. The maximum atomic E-state index is 11.1. The van der Waals surface area contributed by atoms with Crippen LogP contribution in [0.1, 0.15) is 50.7 Å². The number of para-hydroxylation sites is 1. The van der Waals surface area contributed by atoms with Crippen molar-refractivity contribution in [2.24, 2.45) is 11.8 Å². The van der Waals surface area contributed by atoms with Gasteiger partial charge in [0.1, 0.15) is 5.75 Å². The van der Waals surface area contributed by atoms with Gasteiger partial charge in [0.15, 0.2) is 0 Å². The Balaban J connectivity index is 1.94. The van der Waals surface area contributed by atoms with Crippen molar-refractivity contribution in [2.45, 2.75) is 51.6 Å². The number of ether oxygens (including phenoxy) is 1. The number of aliphatic hydroxyl groups is 1. The topological polar surface area (TPSA) is 29.5 Å². The molecule has 0 bridgehead atoms. The van der Waals surface area contributed by atoms with E-state index in [1.165, 1.54) is 12.0 Å². The molecule has 2 heteroatoms. The van der Waals surface area contributed by atoms with Gasteiger partial charge in [-0.25, -0.2) is 0 Å². The van der Waals surface area contributed by atoms with E-state index in [1.807, 2.05) is 0 Å². The van der Waals surface area contributed by atoms with Gasteiger partial charge in [0.25, 0.3) is 0 Å². The molecule has 0 aromatic heterocycles. The third-order valence-electron chi connectivity index (χ3n) is 4.92. The summed E-state index contributed by atoms with van der Waals surface area (Å²) >= 11 is 0. The van der Waals surface area contributed by atoms with Gasteiger partial charge in [0.05, 0.1) is 12.2 Å². The third kappa shape index (κ3) is 2.27. The molecular formula is C17H24O2. The summed E-state index contributed by atoms with van der Waals surface area (Å²) in [5.74, 6) is 2.23. The Morgan fingerprint density at radius 1 is 1.37 bits per heavy atom. The summed E-state index contributed by atoms with van der Waals surface area (Å²) in [6.45, 7) is 5.29. The first-order chi connectivity index (χ1) is 9.10. The van der Waals surface area contributed by atoms with Gasteiger partial charge in [-0.05, 0) is 43.1 Å². The zero-order chi connectivity index (χ0) is 13.5. The lowest BCUT2D eigenvalue weighted by Gasteiger charge is -2.39. The first kappa shape index (κ1) is 13.0. The minimum atomic E-state index is -0.678. The molecule has 1 heterocycles. The fourth-order valence-corrected chi connectivity index (χ4v) is 3.69. The molecule has 1 N–H and O–H groups in total. The predicted octanol–water partition coefficient (Wildman–Crippen LogP) is 3.66. The molecule has 2 nitrogen and oxygen atoms in total. The van der Waals surface area contributed by atoms with E-state index in [4.69, 9.17) is 4.74 Å². The molecule has 2 unspecified atom stereocenters. The Kier molecular flexibility index (Phi) is 3.30. The monoisotopic (exact) mass is 260 g/mol. The summed E-state index contributed by atoms with van der Waals surface area (Å²) in [7, 11) is 0. The van der Waals surface area contributed by atoms with Crippen LogP contribution in [0.4, 0.5) is 0 Å². The number of fused-ring (bicyclic) bond motifs is 1. The zero-order valence-electron chi connectivity index (χ0n) is 12.0. The van der Waals surface area contributed by atoms with Crippen molar-refractivity contribution < 1.29 is 9.84 Å². The number of hydrogen-bond acceptors (Lipinski definition) is 2. The molecule has 1 fully saturated rings. The lowest BCUT2D eigenvalue weighted by atomic mass is 9.70. The van der Waals surface area contributed by atoms with Crippen LogP contribution < -0.4 is 4.74 Å². The summed E-state index contributed by atoms with van der Waals surface area (Å²) in [6.07, 6.45) is 5.09. The van der Waals surface area contributed by atoms with Crippen LogP contribution in [0.3, 0.4) is 0 Å². The maximum absolute atomic E-state index is 11.1. The zero-order valence-corrected chi connectivity index (χ0v) is 12.0. The van der Waals surface area contributed by atoms with E-state index in [9.17, 15) is 5.11 Å². The fraction of sp³-hybridized carbons (Fsp3) is 0.647. The molecule has 0 radical (unpaired) electrons. The highest BCUT2D eigenvalue weighted by Gasteiger charge is 2.39. The molecule has 1 aliphatic carbocycles. The summed E-state index contributed by atoms with van der Waals surface area (Å²) < 4.78 is 5.78. The minimum absolute atomic E-state index is 0.621. The second-order valence-corrected chi connectivity index (χ2v) is 6.52. The van der Waals surface area contributed by atoms with Gasteiger partial charge >= 0.3 is 0 Å². The van der Waals surface area contributed by atoms with E-state index in [2.05, 4.69) is 32.0 Å². The van der Waals surface area contributed by atoms with Gasteiger partial charge in [0.2, 0.25) is 0 Å². The van der Waals surface area contributed by atoms with E-state index in [1.54, 1.807) is 0 Å². The van der Waals surface area contributed by atoms with Gasteiger partial charge in [-0.15, -0.1) is 0 Å². The van der Waals surface area contributed by atoms with Crippen LogP contribution in [0.5, 0.6) is 5.75 Å². The van der Waals surface area contributed by atoms with Crippen LogP contribution in [0.25, 0.3) is 0 Å². The number of rotatable bonds is 2. The lowest BCUT2D eigenvalue weighted by molar-refractivity contribution is -0.0311. The van der Waals surface area contributed by atoms with Crippen molar-refractivity contribution in [3.05, 3.63) is 29.3 Å². The minimum Gasteiger partial charge on any atom is -0.493 e. The summed E-state index contributed by atoms with van der Waals surface area (Å²) in [5.41, 5.74) is 1.62. The Morgan fingerprint density at radius 2 is 2.21 bits per heavy atom. The van der Waals surface area contributed by atoms with Gasteiger partial charge in [-0.2, -0.15) is 0 Å². The molecule has 0 saturated heterocycles. The van der Waals surface area contributed by atoms with E-state index >= 15 is 0 Å². The largest absolute Gasteiger partial charge is 0.493 e. The molecule has 0 spiro atoms. The maximum Gasteiger partial charge on any atom is 0.128 e. The van der Waals surface area contributed by atoms with Gasteiger partial charge in [0, 0.05) is 12.0 Å². The van der Waals surface area contributed by atoms with Crippen molar-refractivity contribution in [2.75, 3.05) is 6.61 Å². The summed E-state index contributed by atoms with van der Waals surface area (Å²) in [6, 6.07) is 6.25. The van der Waals surface area contributed by atoms with E-state index < -0.39 is 5.60 Å². The van der Waals surface area contributed by atoms with E-state index in [0.29, 0.717) is 11.8 Å². The average molecular weight is 260 g/mol. The van der Waals surface area contributed by atoms with Gasteiger partial charge in [-0.3, -0.25) is 0 Å². The van der Waals surface area contributed by atoms with Crippen LogP contribution in [0.2, 0.25) is 0 Å². The highest BCUT2D eigenvalue weighted by molar-refractivity contribution is 5.47. The molecule has 0 amide bonds. The van der Waals surface area contributed by atoms with Crippen molar-refractivity contribution in [3.63, 3.8) is 0 Å². The van der Waals surface area contributed by atoms with Crippen molar-refractivity contribution in [3.8, 4) is 5.75 Å². The Morgan fingerprint density at radius 3 is 3.00 bits per heavy atom. The average Bonchev–Trinajstić information content (AvgIpc) is 2.86. The highest BCUT2D eigenvalue weighted by Crippen LogP contribution is 2.47. The standard InChI is InChI=1S/C17H24O2/c1-12(2)14-6-4-9-17(18,11-14)15-7-3-5-13-8-10-19-16(13)15/h3,5,7,12,14,18H,4,6,8-11H2,1-2H3. The first-order valence-electron chi connectivity index (χ1n) is 7.58. The van der Waals surface area contributed by atoms with Crippen molar-refractivity contribution in [1.29, 1.82) is 0 Å². The Labute approximate surface area is 115 Å². The molecule has 3 rings (SSSR count). The first-order valence-corrected chi connectivity index (χ1v) is 7.58. The molecule has 1 aromatic carbocycles. The lowest BCUT2D eigenvalue weighted by Crippen LogP contribution is -2.34. The normalized spacial score (nSPS) is 30.2. The van der Waals surface area contributed by atoms with Crippen molar-refractivity contribution in [1.82, 2.24) is 0 Å². The van der Waals surface area contributed by atoms with Crippen LogP contribution in [0.15, 0.2) is 18.2 Å². The second-order valence-electron chi connectivity index (χ2n) is 6.52. The van der Waals surface area contributed by atoms with Gasteiger partial charge in [-0.1, -0.05) is 32.0 Å². The van der Waals surface area contributed by atoms with Crippen molar-refractivity contribution >= 4 is 0 Å². The summed E-state index contributed by atoms with van der Waals surface area (Å²) in [4.78, 5) is 0. The smallest absolute Gasteiger partial charge is 0.128 e. The third-order valence-corrected chi connectivity index (χ3v) is 4.92. The van der Waals surface area contributed by atoms with Crippen LogP contribution in [0, 0.1) is 11.8 Å². The molecular weight excluding hydrogens is 236 g/mol.